The van der Waals surface area contributed by atoms with E-state index in [4.69, 9.17) is 23.7 Å². The third kappa shape index (κ3) is 4.04. The lowest BCUT2D eigenvalue weighted by atomic mass is 9.68. The third-order valence-corrected chi connectivity index (χ3v) is 15.7. The van der Waals surface area contributed by atoms with E-state index in [1.54, 1.807) is 0 Å². The summed E-state index contributed by atoms with van der Waals surface area (Å²) in [5, 5.41) is 24.4. The summed E-state index contributed by atoms with van der Waals surface area (Å²) in [6, 6.07) is 0. The van der Waals surface area contributed by atoms with Gasteiger partial charge in [0.25, 0.3) is 0 Å². The van der Waals surface area contributed by atoms with Gasteiger partial charge in [0.1, 0.15) is 23.4 Å². The van der Waals surface area contributed by atoms with Crippen molar-refractivity contribution in [1.29, 1.82) is 0 Å². The van der Waals surface area contributed by atoms with Gasteiger partial charge in [-0.1, -0.05) is 55.4 Å². The maximum absolute atomic E-state index is 12.2. The molecule has 7 nitrogen and oxygen atoms in total. The van der Waals surface area contributed by atoms with E-state index < -0.39 is 47.2 Å². The fourth-order valence-electron chi connectivity index (χ4n) is 11.3. The maximum Gasteiger partial charge on any atom is 0.172 e. The number of hydrogen-bond acceptors (Lipinski definition) is 7. The molecule has 7 heteroatoms. The lowest BCUT2D eigenvalue weighted by Crippen LogP contribution is -2.58. The predicted octanol–water partition coefficient (Wildman–Crippen LogP) is 6.76. The Morgan fingerprint density at radius 1 is 0.674 bits per heavy atom. The summed E-state index contributed by atoms with van der Waals surface area (Å²) in [6.07, 6.45) is 5.28. The van der Waals surface area contributed by atoms with Crippen LogP contribution in [0.3, 0.4) is 0 Å². The third-order valence-electron chi connectivity index (χ3n) is 15.7. The summed E-state index contributed by atoms with van der Waals surface area (Å²) in [7, 11) is 0. The van der Waals surface area contributed by atoms with E-state index in [0.717, 1.165) is 38.5 Å². The number of epoxide rings is 2. The molecule has 4 bridgehead atoms. The molecule has 2 heterocycles. The van der Waals surface area contributed by atoms with Gasteiger partial charge in [-0.3, -0.25) is 0 Å². The van der Waals surface area contributed by atoms with Crippen molar-refractivity contribution >= 4 is 0 Å². The molecule has 0 spiro atoms. The Kier molecular flexibility index (Phi) is 7.32. The molecule has 0 amide bonds. The Hall–Kier alpha value is -0.280. The summed E-state index contributed by atoms with van der Waals surface area (Å²) >= 11 is 0. The van der Waals surface area contributed by atoms with Gasteiger partial charge in [0.05, 0.1) is 24.4 Å². The van der Waals surface area contributed by atoms with Crippen LogP contribution in [-0.2, 0) is 23.7 Å². The zero-order valence-corrected chi connectivity index (χ0v) is 29.2. The molecule has 0 radical (unpaired) electrons. The standard InChI is InChI=1S/C36H62O7/c1-13-33(23(5)42-33)27(21(3)40-35(37)19-25-15-17-31(35,11)29(25,7)8)39-28(34(14-2)24(6)43-34)22(4)41-36(38)20-26-16-18-32(36,12)30(26,9)10/h21-28,37-38H,13-20H2,1-12H3/t21?,22?,23?,24?,25-,26-,27?,28?,31-,32-,33?,34?,35-,36-/m1/s1. The number of fused-ring (bicyclic) bond motifs is 4. The van der Waals surface area contributed by atoms with Crippen molar-refractivity contribution in [2.75, 3.05) is 0 Å². The van der Waals surface area contributed by atoms with E-state index in [2.05, 4.69) is 69.2 Å². The van der Waals surface area contributed by atoms with Crippen molar-refractivity contribution in [3.8, 4) is 0 Å². The van der Waals surface area contributed by atoms with E-state index in [-0.39, 0.29) is 33.9 Å². The van der Waals surface area contributed by atoms with Gasteiger partial charge in [-0.05, 0) is 88.9 Å². The van der Waals surface area contributed by atoms with Crippen LogP contribution in [0.15, 0.2) is 0 Å². The van der Waals surface area contributed by atoms with Crippen LogP contribution >= 0.6 is 0 Å². The Balaban J connectivity index is 1.30. The summed E-state index contributed by atoms with van der Waals surface area (Å²) in [6.45, 7) is 26.2. The van der Waals surface area contributed by atoms with E-state index in [1.165, 1.54) is 0 Å². The van der Waals surface area contributed by atoms with Gasteiger partial charge >= 0.3 is 0 Å². The lowest BCUT2D eigenvalue weighted by Gasteiger charge is -2.48. The number of hydrogen-bond donors (Lipinski definition) is 2. The van der Waals surface area contributed by atoms with Crippen LogP contribution in [-0.4, -0.2) is 69.6 Å². The summed E-state index contributed by atoms with van der Waals surface area (Å²) in [5.41, 5.74) is -1.71. The van der Waals surface area contributed by atoms with Crippen LogP contribution in [0.5, 0.6) is 0 Å². The molecular formula is C36H62O7. The van der Waals surface area contributed by atoms with Gasteiger partial charge in [0.15, 0.2) is 11.6 Å². The normalized spacial score (nSPS) is 53.2. The van der Waals surface area contributed by atoms with Crippen LogP contribution < -0.4 is 0 Å². The molecule has 14 atom stereocenters. The van der Waals surface area contributed by atoms with Crippen molar-refractivity contribution in [2.24, 2.45) is 33.5 Å². The highest BCUT2D eigenvalue weighted by Crippen LogP contribution is 2.71. The zero-order valence-electron chi connectivity index (χ0n) is 29.2. The molecule has 43 heavy (non-hydrogen) atoms. The molecule has 4 saturated carbocycles. The van der Waals surface area contributed by atoms with Crippen LogP contribution in [0, 0.1) is 33.5 Å². The highest BCUT2D eigenvalue weighted by molar-refractivity contribution is 5.18. The molecular weight excluding hydrogens is 544 g/mol. The van der Waals surface area contributed by atoms with Gasteiger partial charge in [0, 0.05) is 23.7 Å². The van der Waals surface area contributed by atoms with Gasteiger partial charge < -0.3 is 33.9 Å². The number of ether oxygens (including phenoxy) is 5. The van der Waals surface area contributed by atoms with E-state index in [0.29, 0.717) is 24.7 Å². The summed E-state index contributed by atoms with van der Waals surface area (Å²) in [4.78, 5) is 0. The Bertz CT molecular complexity index is 1020. The molecule has 2 saturated heterocycles. The smallest absolute Gasteiger partial charge is 0.172 e. The van der Waals surface area contributed by atoms with Gasteiger partial charge in [-0.15, -0.1) is 0 Å². The van der Waals surface area contributed by atoms with Crippen molar-refractivity contribution in [3.05, 3.63) is 0 Å². The topological polar surface area (TPSA) is 93.2 Å². The highest BCUT2D eigenvalue weighted by Gasteiger charge is 2.73. The summed E-state index contributed by atoms with van der Waals surface area (Å²) in [5.74, 6) is -1.59. The number of aliphatic hydroxyl groups is 2. The van der Waals surface area contributed by atoms with Crippen molar-refractivity contribution in [3.63, 3.8) is 0 Å². The molecule has 2 aliphatic heterocycles. The first-order valence-electron chi connectivity index (χ1n) is 17.6. The van der Waals surface area contributed by atoms with Crippen LogP contribution in [0.25, 0.3) is 0 Å². The Morgan fingerprint density at radius 2 is 1.00 bits per heavy atom. The molecule has 0 aromatic heterocycles. The van der Waals surface area contributed by atoms with E-state index in [1.807, 2.05) is 13.8 Å². The minimum atomic E-state index is -1.23. The first kappa shape index (κ1) is 32.7. The molecule has 2 N–H and O–H groups in total. The summed E-state index contributed by atoms with van der Waals surface area (Å²) < 4.78 is 33.7. The Morgan fingerprint density at radius 3 is 1.21 bits per heavy atom. The second-order valence-corrected chi connectivity index (χ2v) is 17.3. The maximum atomic E-state index is 12.2. The largest absolute Gasteiger partial charge is 0.365 e. The minimum absolute atomic E-state index is 0.00190. The van der Waals surface area contributed by atoms with E-state index >= 15 is 0 Å². The van der Waals surface area contributed by atoms with Gasteiger partial charge in [-0.25, -0.2) is 0 Å². The SMILES string of the molecule is CCC1(C(OC(C(C)O[C@]2(O)C[C@H]3CC[C@]2(C)C3(C)C)C2(CC)OC2C)C(C)O[C@]2(O)C[C@H]3CC[C@]2(C)C3(C)C)OC1C. The second-order valence-electron chi connectivity index (χ2n) is 17.3. The van der Waals surface area contributed by atoms with Gasteiger partial charge in [-0.2, -0.15) is 0 Å². The monoisotopic (exact) mass is 606 g/mol. The van der Waals surface area contributed by atoms with Crippen LogP contribution in [0.1, 0.15) is 134 Å². The predicted molar refractivity (Wildman–Crippen MR) is 165 cm³/mol. The van der Waals surface area contributed by atoms with Gasteiger partial charge in [0.2, 0.25) is 0 Å². The van der Waals surface area contributed by atoms with E-state index in [9.17, 15) is 10.2 Å². The molecule has 4 aliphatic carbocycles. The lowest BCUT2D eigenvalue weighted by molar-refractivity contribution is -0.325. The fraction of sp³-hybridized carbons (Fsp3) is 1.00. The second kappa shape index (κ2) is 9.64. The quantitative estimate of drug-likeness (QED) is 0.187. The molecule has 0 aromatic rings. The zero-order chi connectivity index (χ0) is 31.8. The molecule has 8 unspecified atom stereocenters. The minimum Gasteiger partial charge on any atom is -0.365 e. The molecule has 0 aromatic carbocycles. The highest BCUT2D eigenvalue weighted by atomic mass is 16.7. The van der Waals surface area contributed by atoms with Crippen molar-refractivity contribution in [2.45, 2.75) is 194 Å². The fourth-order valence-corrected chi connectivity index (χ4v) is 11.3. The number of rotatable bonds is 12. The molecule has 248 valence electrons. The van der Waals surface area contributed by atoms with Crippen LogP contribution in [0.2, 0.25) is 0 Å². The first-order valence-corrected chi connectivity index (χ1v) is 17.6. The molecule has 6 aliphatic rings. The first-order chi connectivity index (χ1) is 19.7. The molecule has 6 rings (SSSR count). The van der Waals surface area contributed by atoms with Crippen molar-refractivity contribution < 1.29 is 33.9 Å². The average molecular weight is 607 g/mol. The van der Waals surface area contributed by atoms with Crippen molar-refractivity contribution in [1.82, 2.24) is 0 Å². The van der Waals surface area contributed by atoms with Crippen LogP contribution in [0.4, 0.5) is 0 Å². The molecule has 6 fully saturated rings. The Labute approximate surface area is 261 Å². The average Bonchev–Trinajstić information content (AvgIpc) is 3.71.